The quantitative estimate of drug-likeness (QED) is 0.613. The zero-order chi connectivity index (χ0) is 11.2. The minimum atomic E-state index is -3.32. The number of esters is 1. The molecule has 80 valence electrons. The number of carbonyl (C=O) groups excluding carboxylic acids is 1. The van der Waals surface area contributed by atoms with Gasteiger partial charge in [-0.05, 0) is 6.92 Å². The van der Waals surface area contributed by atoms with Crippen LogP contribution in [-0.4, -0.2) is 33.0 Å². The average molecular weight is 219 g/mol. The maximum Gasteiger partial charge on any atom is 0.306 e. The number of methoxy groups -OCH3 is 1. The molecule has 0 saturated heterocycles. The van der Waals surface area contributed by atoms with Gasteiger partial charge in [0.15, 0.2) is 9.84 Å². The molecule has 0 aliphatic heterocycles. The first-order valence-electron chi connectivity index (χ1n) is 4.08. The average Bonchev–Trinajstić information content (AvgIpc) is 2.13. The van der Waals surface area contributed by atoms with Crippen LogP contribution in [0.1, 0.15) is 13.3 Å². The van der Waals surface area contributed by atoms with Crippen LogP contribution in [0.25, 0.3) is 0 Å². The van der Waals surface area contributed by atoms with E-state index in [1.54, 1.807) is 0 Å². The summed E-state index contributed by atoms with van der Waals surface area (Å²) < 4.78 is 26.8. The lowest BCUT2D eigenvalue weighted by molar-refractivity contribution is -0.140. The fourth-order valence-electron chi connectivity index (χ4n) is 0.842. The lowest BCUT2D eigenvalue weighted by atomic mass is 10.3. The second-order valence-electron chi connectivity index (χ2n) is 2.97. The van der Waals surface area contributed by atoms with E-state index in [-0.39, 0.29) is 17.9 Å². The molecule has 1 unspecified atom stereocenters. The zero-order valence-electron chi connectivity index (χ0n) is 8.19. The minimum absolute atomic E-state index is 0.156. The highest BCUT2D eigenvalue weighted by molar-refractivity contribution is 7.91. The number of hydrogen-bond donors (Lipinski definition) is 0. The molecule has 0 rings (SSSR count). The molecule has 0 spiro atoms. The van der Waals surface area contributed by atoms with Crippen LogP contribution >= 0.6 is 0 Å². The Hall–Kier alpha value is -1.09. The number of ether oxygens (including phenoxy) is 1. The summed E-state index contributed by atoms with van der Waals surface area (Å²) in [4.78, 5) is 10.7. The van der Waals surface area contributed by atoms with E-state index in [1.165, 1.54) is 14.0 Å². The molecule has 0 N–H and O–H groups in total. The molecule has 0 radical (unpaired) electrons. The Bertz CT molecular complexity index is 328. The number of sulfone groups is 1. The van der Waals surface area contributed by atoms with E-state index >= 15 is 0 Å². The second-order valence-corrected chi connectivity index (χ2v) is 5.20. The summed E-state index contributed by atoms with van der Waals surface area (Å²) in [5.41, 5.74) is 0. The van der Waals surface area contributed by atoms with E-state index in [0.717, 1.165) is 0 Å². The van der Waals surface area contributed by atoms with Crippen molar-refractivity contribution in [2.45, 2.75) is 13.3 Å². The highest BCUT2D eigenvalue weighted by atomic mass is 32.2. The minimum Gasteiger partial charge on any atom is -0.469 e. The summed E-state index contributed by atoms with van der Waals surface area (Å²) >= 11 is 0. The molecule has 0 aliphatic rings. The third-order valence-electron chi connectivity index (χ3n) is 1.57. The number of nitrogens with zero attached hydrogens (tertiary/aromatic N) is 1. The van der Waals surface area contributed by atoms with Crippen LogP contribution in [0.4, 0.5) is 0 Å². The van der Waals surface area contributed by atoms with E-state index in [9.17, 15) is 13.2 Å². The van der Waals surface area contributed by atoms with Crippen LogP contribution in [0.2, 0.25) is 0 Å². The SMILES string of the molecule is COC(=O)CCS(=O)(=O)CC(C)C#N. The molecule has 0 aromatic rings. The Morgan fingerprint density at radius 2 is 2.14 bits per heavy atom. The predicted octanol–water partition coefficient (Wildman–Crippen LogP) is 0.124. The number of hydrogen-bond acceptors (Lipinski definition) is 5. The Labute approximate surface area is 83.6 Å². The molecule has 0 saturated carbocycles. The Balaban J connectivity index is 4.11. The van der Waals surface area contributed by atoms with Crippen molar-refractivity contribution in [3.8, 4) is 6.07 Å². The van der Waals surface area contributed by atoms with Gasteiger partial charge in [0.25, 0.3) is 0 Å². The highest BCUT2D eigenvalue weighted by Gasteiger charge is 2.17. The van der Waals surface area contributed by atoms with Crippen molar-refractivity contribution >= 4 is 15.8 Å². The molecular weight excluding hydrogens is 206 g/mol. The smallest absolute Gasteiger partial charge is 0.306 e. The molecule has 0 bridgehead atoms. The lowest BCUT2D eigenvalue weighted by Crippen LogP contribution is -2.18. The van der Waals surface area contributed by atoms with Crippen LogP contribution < -0.4 is 0 Å². The van der Waals surface area contributed by atoms with Gasteiger partial charge >= 0.3 is 5.97 Å². The summed E-state index contributed by atoms with van der Waals surface area (Å²) in [6.07, 6.45) is -0.156. The van der Waals surface area contributed by atoms with E-state index in [1.807, 2.05) is 6.07 Å². The van der Waals surface area contributed by atoms with Gasteiger partial charge in [-0.25, -0.2) is 8.42 Å². The summed E-state index contributed by atoms with van der Waals surface area (Å²) in [5, 5.41) is 8.42. The first-order valence-corrected chi connectivity index (χ1v) is 5.90. The van der Waals surface area contributed by atoms with Gasteiger partial charge < -0.3 is 4.74 Å². The maximum absolute atomic E-state index is 11.3. The van der Waals surface area contributed by atoms with Crippen molar-refractivity contribution < 1.29 is 17.9 Å². The van der Waals surface area contributed by atoms with Gasteiger partial charge in [0.1, 0.15) is 0 Å². The third kappa shape index (κ3) is 5.54. The van der Waals surface area contributed by atoms with Gasteiger partial charge in [-0.2, -0.15) is 5.26 Å². The van der Waals surface area contributed by atoms with Gasteiger partial charge in [-0.3, -0.25) is 4.79 Å². The molecule has 0 heterocycles. The molecule has 1 atom stereocenters. The topological polar surface area (TPSA) is 84.2 Å². The number of carbonyl (C=O) groups is 1. The number of nitriles is 1. The summed E-state index contributed by atoms with van der Waals surface area (Å²) in [6, 6.07) is 1.83. The molecule has 6 heteroatoms. The van der Waals surface area contributed by atoms with Crippen LogP contribution in [0.15, 0.2) is 0 Å². The second kappa shape index (κ2) is 5.60. The van der Waals surface area contributed by atoms with Crippen LogP contribution in [0.5, 0.6) is 0 Å². The molecule has 0 aromatic carbocycles. The molecule has 5 nitrogen and oxygen atoms in total. The predicted molar refractivity (Wildman–Crippen MR) is 50.1 cm³/mol. The lowest BCUT2D eigenvalue weighted by Gasteiger charge is -2.04. The highest BCUT2D eigenvalue weighted by Crippen LogP contribution is 2.02. The summed E-state index contributed by atoms with van der Waals surface area (Å²) in [5.74, 6) is -1.57. The fourth-order valence-corrected chi connectivity index (χ4v) is 2.32. The summed E-state index contributed by atoms with van der Waals surface area (Å²) in [6.45, 7) is 1.52. The van der Waals surface area contributed by atoms with Crippen molar-refractivity contribution in [3.05, 3.63) is 0 Å². The number of rotatable bonds is 5. The molecule has 0 fully saturated rings. The van der Waals surface area contributed by atoms with Gasteiger partial charge in [-0.15, -0.1) is 0 Å². The van der Waals surface area contributed by atoms with Crippen molar-refractivity contribution in [3.63, 3.8) is 0 Å². The fraction of sp³-hybridized carbons (Fsp3) is 0.750. The summed E-state index contributed by atoms with van der Waals surface area (Å²) in [7, 11) is -2.12. The van der Waals surface area contributed by atoms with E-state index in [0.29, 0.717) is 0 Å². The normalized spacial score (nSPS) is 12.9. The molecule has 14 heavy (non-hydrogen) atoms. The molecule has 0 aliphatic carbocycles. The van der Waals surface area contributed by atoms with Crippen LogP contribution in [0, 0.1) is 17.2 Å². The Morgan fingerprint density at radius 1 is 1.57 bits per heavy atom. The van der Waals surface area contributed by atoms with Gasteiger partial charge in [0.2, 0.25) is 0 Å². The Kier molecular flexibility index (Phi) is 5.16. The van der Waals surface area contributed by atoms with Crippen molar-refractivity contribution in [1.29, 1.82) is 5.26 Å². The van der Waals surface area contributed by atoms with Gasteiger partial charge in [0, 0.05) is 0 Å². The monoisotopic (exact) mass is 219 g/mol. The van der Waals surface area contributed by atoms with Crippen molar-refractivity contribution in [2.75, 3.05) is 18.6 Å². The first kappa shape index (κ1) is 12.9. The Morgan fingerprint density at radius 3 is 2.57 bits per heavy atom. The van der Waals surface area contributed by atoms with Gasteiger partial charge in [0.05, 0.1) is 37.0 Å². The van der Waals surface area contributed by atoms with E-state index < -0.39 is 21.7 Å². The first-order chi connectivity index (χ1) is 6.41. The van der Waals surface area contributed by atoms with Crippen LogP contribution in [0.3, 0.4) is 0 Å². The standard InChI is InChI=1S/C8H13NO4S/c1-7(5-9)6-14(11,12)4-3-8(10)13-2/h7H,3-4,6H2,1-2H3. The van der Waals surface area contributed by atoms with Crippen LogP contribution in [-0.2, 0) is 19.4 Å². The maximum atomic E-state index is 11.3. The van der Waals surface area contributed by atoms with Crippen molar-refractivity contribution in [2.24, 2.45) is 5.92 Å². The zero-order valence-corrected chi connectivity index (χ0v) is 9.00. The van der Waals surface area contributed by atoms with E-state index in [2.05, 4.69) is 4.74 Å². The molecular formula is C8H13NO4S. The third-order valence-corrected chi connectivity index (χ3v) is 3.40. The molecule has 0 aromatic heterocycles. The van der Waals surface area contributed by atoms with Gasteiger partial charge in [-0.1, -0.05) is 0 Å². The van der Waals surface area contributed by atoms with E-state index in [4.69, 9.17) is 5.26 Å². The molecule has 0 amide bonds. The van der Waals surface area contributed by atoms with Crippen molar-refractivity contribution in [1.82, 2.24) is 0 Å². The largest absolute Gasteiger partial charge is 0.469 e.